The zero-order chi connectivity index (χ0) is 17.6. The molecule has 0 bridgehead atoms. The Balaban J connectivity index is 2.11. The van der Waals surface area contributed by atoms with Gasteiger partial charge in [0.25, 0.3) is 0 Å². The van der Waals surface area contributed by atoms with E-state index in [4.69, 9.17) is 0 Å². The molecule has 1 aromatic carbocycles. The van der Waals surface area contributed by atoms with E-state index in [1.54, 1.807) is 17.2 Å². The van der Waals surface area contributed by atoms with Gasteiger partial charge in [0.1, 0.15) is 5.82 Å². The highest BCUT2D eigenvalue weighted by Crippen LogP contribution is 2.09. The largest absolute Gasteiger partial charge is 0.333 e. The first-order valence-electron chi connectivity index (χ1n) is 8.11. The molecule has 1 N–H and O–H groups in total. The van der Waals surface area contributed by atoms with Crippen LogP contribution >= 0.6 is 0 Å². The van der Waals surface area contributed by atoms with Crippen molar-refractivity contribution in [2.45, 2.75) is 39.4 Å². The van der Waals surface area contributed by atoms with Crippen LogP contribution in [0.3, 0.4) is 0 Å². The number of benzene rings is 1. The van der Waals surface area contributed by atoms with E-state index >= 15 is 0 Å². The highest BCUT2D eigenvalue weighted by Gasteiger charge is 2.20. The van der Waals surface area contributed by atoms with Gasteiger partial charge < -0.3 is 14.8 Å². The van der Waals surface area contributed by atoms with Gasteiger partial charge in [-0.05, 0) is 26.3 Å². The van der Waals surface area contributed by atoms with Gasteiger partial charge in [-0.2, -0.15) is 0 Å². The Labute approximate surface area is 144 Å². The predicted octanol–water partition coefficient (Wildman–Crippen LogP) is 3.43. The Hall–Kier alpha value is -2.56. The molecule has 5 heteroatoms. The lowest BCUT2D eigenvalue weighted by molar-refractivity contribution is 0.190. The maximum atomic E-state index is 12.5. The summed E-state index contributed by atoms with van der Waals surface area (Å²) in [6.45, 7) is 11.3. The Kier molecular flexibility index (Phi) is 5.79. The average molecular weight is 326 g/mol. The summed E-state index contributed by atoms with van der Waals surface area (Å²) in [5, 5.41) is 2.99. The van der Waals surface area contributed by atoms with Crippen molar-refractivity contribution in [3.63, 3.8) is 0 Å². The summed E-state index contributed by atoms with van der Waals surface area (Å²) >= 11 is 0. The SMILES string of the molecule is C=CCN(Cc1nccn1Cc1ccccc1)C(=O)NC(C)(C)C. The Bertz CT molecular complexity index is 670. The van der Waals surface area contributed by atoms with Crippen molar-refractivity contribution in [2.75, 3.05) is 6.54 Å². The van der Waals surface area contributed by atoms with Crippen LogP contribution in [0.15, 0.2) is 55.4 Å². The van der Waals surface area contributed by atoms with Gasteiger partial charge in [-0.15, -0.1) is 6.58 Å². The number of aromatic nitrogens is 2. The summed E-state index contributed by atoms with van der Waals surface area (Å²) in [7, 11) is 0. The topological polar surface area (TPSA) is 50.2 Å². The minimum atomic E-state index is -0.282. The van der Waals surface area contributed by atoms with Crippen LogP contribution in [0.25, 0.3) is 0 Å². The fourth-order valence-corrected chi connectivity index (χ4v) is 2.36. The molecule has 0 aliphatic carbocycles. The highest BCUT2D eigenvalue weighted by atomic mass is 16.2. The summed E-state index contributed by atoms with van der Waals surface area (Å²) in [4.78, 5) is 18.6. The molecule has 1 aromatic heterocycles. The molecule has 5 nitrogen and oxygen atoms in total. The molecule has 0 saturated heterocycles. The number of carbonyl (C=O) groups is 1. The van der Waals surface area contributed by atoms with Gasteiger partial charge in [-0.3, -0.25) is 0 Å². The number of nitrogens with one attached hydrogen (secondary N) is 1. The minimum absolute atomic E-state index is 0.114. The van der Waals surface area contributed by atoms with Gasteiger partial charge in [0.2, 0.25) is 0 Å². The number of hydrogen-bond donors (Lipinski definition) is 1. The number of urea groups is 1. The third-order valence-electron chi connectivity index (χ3n) is 3.45. The number of carbonyl (C=O) groups excluding carboxylic acids is 1. The van der Waals surface area contributed by atoms with Gasteiger partial charge in [-0.1, -0.05) is 36.4 Å². The van der Waals surface area contributed by atoms with Crippen molar-refractivity contribution in [3.8, 4) is 0 Å². The fraction of sp³-hybridized carbons (Fsp3) is 0.368. The second-order valence-corrected chi connectivity index (χ2v) is 6.81. The summed E-state index contributed by atoms with van der Waals surface area (Å²) in [5.41, 5.74) is 0.918. The molecule has 1 heterocycles. The van der Waals surface area contributed by atoms with E-state index in [2.05, 4.69) is 33.6 Å². The smallest absolute Gasteiger partial charge is 0.318 e. The average Bonchev–Trinajstić information content (AvgIpc) is 2.93. The van der Waals surface area contributed by atoms with Crippen LogP contribution in [0.5, 0.6) is 0 Å². The molecule has 0 aliphatic rings. The van der Waals surface area contributed by atoms with Crippen LogP contribution in [-0.4, -0.2) is 32.6 Å². The number of amides is 2. The molecular weight excluding hydrogens is 300 g/mol. The van der Waals surface area contributed by atoms with Gasteiger partial charge in [0.15, 0.2) is 0 Å². The van der Waals surface area contributed by atoms with Crippen molar-refractivity contribution in [1.29, 1.82) is 0 Å². The van der Waals surface area contributed by atoms with Gasteiger partial charge in [-0.25, -0.2) is 9.78 Å². The summed E-state index contributed by atoms with van der Waals surface area (Å²) in [6, 6.07) is 10.1. The summed E-state index contributed by atoms with van der Waals surface area (Å²) in [6.07, 6.45) is 5.44. The van der Waals surface area contributed by atoms with Crippen molar-refractivity contribution in [2.24, 2.45) is 0 Å². The predicted molar refractivity (Wildman–Crippen MR) is 96.7 cm³/mol. The molecule has 0 fully saturated rings. The Morgan fingerprint density at radius 3 is 2.67 bits per heavy atom. The molecule has 128 valence electrons. The van der Waals surface area contributed by atoms with E-state index in [-0.39, 0.29) is 11.6 Å². The Morgan fingerprint density at radius 2 is 2.04 bits per heavy atom. The normalized spacial score (nSPS) is 11.1. The molecule has 0 saturated carbocycles. The molecule has 0 aliphatic heterocycles. The van der Waals surface area contributed by atoms with Crippen molar-refractivity contribution < 1.29 is 4.79 Å². The number of hydrogen-bond acceptors (Lipinski definition) is 2. The molecule has 2 amide bonds. The van der Waals surface area contributed by atoms with E-state index in [0.717, 1.165) is 12.4 Å². The molecule has 24 heavy (non-hydrogen) atoms. The zero-order valence-corrected chi connectivity index (χ0v) is 14.7. The molecule has 2 aromatic rings. The van der Waals surface area contributed by atoms with Crippen molar-refractivity contribution in [1.82, 2.24) is 19.8 Å². The van der Waals surface area contributed by atoms with Crippen LogP contribution in [0.2, 0.25) is 0 Å². The number of imidazole rings is 1. The molecule has 0 spiro atoms. The molecule has 0 radical (unpaired) electrons. The zero-order valence-electron chi connectivity index (χ0n) is 14.7. The first kappa shape index (κ1) is 17.8. The van der Waals surface area contributed by atoms with Crippen LogP contribution in [0, 0.1) is 0 Å². The second-order valence-electron chi connectivity index (χ2n) is 6.81. The van der Waals surface area contributed by atoms with E-state index < -0.39 is 0 Å². The van der Waals surface area contributed by atoms with Crippen LogP contribution in [0.4, 0.5) is 4.79 Å². The third kappa shape index (κ3) is 5.26. The maximum absolute atomic E-state index is 12.5. The van der Waals surface area contributed by atoms with Crippen LogP contribution in [0.1, 0.15) is 32.2 Å². The highest BCUT2D eigenvalue weighted by molar-refractivity contribution is 5.75. The summed E-state index contributed by atoms with van der Waals surface area (Å²) in [5.74, 6) is 0.852. The first-order valence-corrected chi connectivity index (χ1v) is 8.11. The van der Waals surface area contributed by atoms with E-state index in [1.807, 2.05) is 45.2 Å². The lowest BCUT2D eigenvalue weighted by Crippen LogP contribution is -2.48. The van der Waals surface area contributed by atoms with Gasteiger partial charge in [0, 0.05) is 31.0 Å². The standard InChI is InChI=1S/C19H26N4O/c1-5-12-23(18(24)21-19(2,3)4)15-17-20-11-13-22(17)14-16-9-7-6-8-10-16/h5-11,13H,1,12,14-15H2,2-4H3,(H,21,24). The summed E-state index contributed by atoms with van der Waals surface area (Å²) < 4.78 is 2.07. The van der Waals surface area contributed by atoms with E-state index in [0.29, 0.717) is 13.1 Å². The van der Waals surface area contributed by atoms with E-state index in [1.165, 1.54) is 5.56 Å². The lowest BCUT2D eigenvalue weighted by Gasteiger charge is -2.27. The number of rotatable bonds is 6. The van der Waals surface area contributed by atoms with Crippen LogP contribution in [-0.2, 0) is 13.1 Å². The van der Waals surface area contributed by atoms with Crippen LogP contribution < -0.4 is 5.32 Å². The molecular formula is C19H26N4O. The number of nitrogens with zero attached hydrogens (tertiary/aromatic N) is 3. The van der Waals surface area contributed by atoms with Crippen molar-refractivity contribution in [3.05, 3.63) is 66.8 Å². The molecule has 0 unspecified atom stereocenters. The van der Waals surface area contributed by atoms with Crippen molar-refractivity contribution >= 4 is 6.03 Å². The molecule has 2 rings (SSSR count). The van der Waals surface area contributed by atoms with Gasteiger partial charge >= 0.3 is 6.03 Å². The van der Waals surface area contributed by atoms with E-state index in [9.17, 15) is 4.79 Å². The third-order valence-corrected chi connectivity index (χ3v) is 3.45. The quantitative estimate of drug-likeness (QED) is 0.827. The monoisotopic (exact) mass is 326 g/mol. The lowest BCUT2D eigenvalue weighted by atomic mass is 10.1. The molecule has 0 atom stereocenters. The second kappa shape index (κ2) is 7.81. The first-order chi connectivity index (χ1) is 11.4. The maximum Gasteiger partial charge on any atom is 0.318 e. The fourth-order valence-electron chi connectivity index (χ4n) is 2.36. The van der Waals surface area contributed by atoms with Gasteiger partial charge in [0.05, 0.1) is 6.54 Å². The Morgan fingerprint density at radius 1 is 1.33 bits per heavy atom. The minimum Gasteiger partial charge on any atom is -0.333 e.